The molecule has 9 nitrogen and oxygen atoms in total. The van der Waals surface area contributed by atoms with Crippen LogP contribution in [0.1, 0.15) is 110 Å². The molecule has 7 aliphatic rings. The average Bonchev–Trinajstić information content (AvgIpc) is 3.55. The van der Waals surface area contributed by atoms with Gasteiger partial charge in [0.15, 0.2) is 22.8 Å². The normalized spacial score (nSPS) is 34.0. The fourth-order valence-corrected chi connectivity index (χ4v) is 8.70. The van der Waals surface area contributed by atoms with Crippen molar-refractivity contribution in [3.05, 3.63) is 57.9 Å². The van der Waals surface area contributed by atoms with Gasteiger partial charge in [-0.05, 0) is 92.9 Å². The number of fused-ring (bicyclic) bond motifs is 2. The molecule has 0 aromatic heterocycles. The van der Waals surface area contributed by atoms with E-state index in [9.17, 15) is 19.5 Å². The van der Waals surface area contributed by atoms with E-state index in [2.05, 4.69) is 19.9 Å². The quantitative estimate of drug-likeness (QED) is 0.128. The largest absolute Gasteiger partial charge is 0.506 e. The fourth-order valence-electron chi connectivity index (χ4n) is 8.70. The van der Waals surface area contributed by atoms with E-state index < -0.39 is 28.3 Å². The van der Waals surface area contributed by atoms with E-state index in [0.717, 1.165) is 6.42 Å². The first kappa shape index (κ1) is 34.2. The first-order valence-electron chi connectivity index (χ1n) is 16.6. The van der Waals surface area contributed by atoms with Gasteiger partial charge >= 0.3 is 0 Å². The molecule has 0 radical (unpaired) electrons. The number of benzene rings is 1. The molecule has 1 saturated carbocycles. The third kappa shape index (κ3) is 4.67. The zero-order valence-electron chi connectivity index (χ0n) is 28.4. The number of carbonyl (C=O) groups excluding carboxylic acids is 3. The Morgan fingerprint density at radius 2 is 1.75 bits per heavy atom. The highest BCUT2D eigenvalue weighted by atomic mass is 16.6. The first-order chi connectivity index (χ1) is 22.0. The Morgan fingerprint density at radius 1 is 1.04 bits per heavy atom. The number of rotatable bonds is 9. The van der Waals surface area contributed by atoms with Crippen molar-refractivity contribution in [2.75, 3.05) is 0 Å². The van der Waals surface area contributed by atoms with Gasteiger partial charge in [0.1, 0.15) is 34.2 Å². The lowest BCUT2D eigenvalue weighted by molar-refractivity contribution is -0.171. The predicted octanol–water partition coefficient (Wildman–Crippen LogP) is 7.13. The lowest BCUT2D eigenvalue weighted by Crippen LogP contribution is -2.72. The summed E-state index contributed by atoms with van der Waals surface area (Å²) in [5.74, 6) is -0.691. The van der Waals surface area contributed by atoms with E-state index in [1.54, 1.807) is 19.1 Å². The summed E-state index contributed by atoms with van der Waals surface area (Å²) >= 11 is 0. The Bertz CT molecular complexity index is 1740. The lowest BCUT2D eigenvalue weighted by Gasteiger charge is -2.56. The number of aromatic hydroxyl groups is 1. The average molecular weight is 661 g/mol. The maximum absolute atomic E-state index is 14.8. The lowest BCUT2D eigenvalue weighted by atomic mass is 9.51. The van der Waals surface area contributed by atoms with Crippen molar-refractivity contribution in [2.45, 2.75) is 129 Å². The molecule has 1 N–H and O–H groups in total. The van der Waals surface area contributed by atoms with Crippen LogP contribution in [0.4, 0.5) is 0 Å². The molecule has 48 heavy (non-hydrogen) atoms. The van der Waals surface area contributed by atoms with Crippen LogP contribution in [0.25, 0.3) is 6.08 Å². The second kappa shape index (κ2) is 10.9. The summed E-state index contributed by atoms with van der Waals surface area (Å²) in [6.45, 7) is 16.0. The molecule has 9 heteroatoms. The number of ketones is 2. The van der Waals surface area contributed by atoms with Crippen molar-refractivity contribution in [3.8, 4) is 17.2 Å². The molecule has 1 aromatic rings. The number of allylic oxidation sites excluding steroid dienone is 4. The van der Waals surface area contributed by atoms with E-state index in [1.165, 1.54) is 5.57 Å². The van der Waals surface area contributed by atoms with Gasteiger partial charge in [0.25, 0.3) is 6.47 Å². The van der Waals surface area contributed by atoms with Crippen LogP contribution < -0.4 is 9.47 Å². The van der Waals surface area contributed by atoms with Gasteiger partial charge in [0.2, 0.25) is 0 Å². The highest BCUT2D eigenvalue weighted by molar-refractivity contribution is 6.19. The zero-order chi connectivity index (χ0) is 33.9. The molecule has 3 aliphatic carbocycles. The van der Waals surface area contributed by atoms with Crippen LogP contribution >= 0.6 is 0 Å². The summed E-state index contributed by atoms with van der Waals surface area (Å²) in [7, 11) is 0. The van der Waals surface area contributed by atoms with Gasteiger partial charge in [-0.3, -0.25) is 14.4 Å². The topological polar surface area (TPSA) is 121 Å². The highest BCUT2D eigenvalue weighted by Gasteiger charge is 2.81. The number of epoxide rings is 1. The van der Waals surface area contributed by atoms with Gasteiger partial charge in [-0.1, -0.05) is 25.2 Å². The molecule has 258 valence electrons. The number of phenolic OH excluding ortho intramolecular Hbond substituents is 1. The molecule has 3 unspecified atom stereocenters. The number of phenols is 1. The van der Waals surface area contributed by atoms with Crippen molar-refractivity contribution in [2.24, 2.45) is 11.8 Å². The van der Waals surface area contributed by atoms with Crippen LogP contribution in [0.2, 0.25) is 0 Å². The van der Waals surface area contributed by atoms with Crippen LogP contribution in [0, 0.1) is 11.8 Å². The third-order valence-electron chi connectivity index (χ3n) is 11.2. The van der Waals surface area contributed by atoms with Crippen molar-refractivity contribution in [3.63, 3.8) is 0 Å². The minimum atomic E-state index is -1.56. The van der Waals surface area contributed by atoms with Crippen LogP contribution in [-0.4, -0.2) is 57.3 Å². The highest BCUT2D eigenvalue weighted by Crippen LogP contribution is 2.69. The number of hydrogen-bond donors (Lipinski definition) is 1. The summed E-state index contributed by atoms with van der Waals surface area (Å²) in [6, 6.07) is 0. The van der Waals surface area contributed by atoms with Crippen molar-refractivity contribution in [1.29, 1.82) is 0 Å². The van der Waals surface area contributed by atoms with Crippen molar-refractivity contribution >= 4 is 24.1 Å². The zero-order valence-corrected chi connectivity index (χ0v) is 28.4. The molecular weight excluding hydrogens is 612 g/mol. The molecule has 2 saturated heterocycles. The Kier molecular flexibility index (Phi) is 7.77. The summed E-state index contributed by atoms with van der Waals surface area (Å²) in [5, 5.41) is 11.8. The number of ether oxygens (including phenoxy) is 5. The SMILES string of the molecule is C.CC(C)=CCC[C@]1(C)C=Cc2c(O)c3c(c(CC4OC4(C)C)c2O1)O[C@]12C(=CC4CC1C(C)(C)O[C@]2(C/C=C(/C)OC=O)C4=O)C3=O. The van der Waals surface area contributed by atoms with Gasteiger partial charge < -0.3 is 28.8 Å². The fraction of sp³-hybridized carbons (Fsp3) is 0.564. The van der Waals surface area contributed by atoms with Gasteiger partial charge in [-0.15, -0.1) is 0 Å². The Balaban J connectivity index is 0.00000401. The Labute approximate surface area is 283 Å². The first-order valence-corrected chi connectivity index (χ1v) is 16.6. The molecule has 8 rings (SSSR count). The molecule has 4 heterocycles. The van der Waals surface area contributed by atoms with Crippen LogP contribution in [0.15, 0.2) is 41.2 Å². The molecule has 4 bridgehead atoms. The standard InChI is InChI=1S/C38H44O9.CH4/c1-20(2)10-9-13-36(8)14-12-23-29(40)28-30(41)25-16-22-17-26-34(4,5)47-37(33(22)42,15-11-21(3)43-19-39)38(25,26)46-32(28)24(31(23)45-36)18-27-35(6,7)44-27;/h10-12,14,16,19,22,26-27,40H,9,13,15,17-18H2,1-8H3;1H4/b21-11-;/t22?,26?,27?,36-,37-,38-;/m1./s1. The minimum Gasteiger partial charge on any atom is -0.506 e. The molecule has 3 fully saturated rings. The van der Waals surface area contributed by atoms with E-state index in [1.807, 2.05) is 46.8 Å². The number of carbonyl (C=O) groups is 3. The van der Waals surface area contributed by atoms with E-state index in [4.69, 9.17) is 23.7 Å². The van der Waals surface area contributed by atoms with Gasteiger partial charge in [-0.2, -0.15) is 0 Å². The second-order valence-corrected chi connectivity index (χ2v) is 15.5. The monoisotopic (exact) mass is 660 g/mol. The van der Waals surface area contributed by atoms with Gasteiger partial charge in [0, 0.05) is 35.8 Å². The summed E-state index contributed by atoms with van der Waals surface area (Å²) in [6.07, 6.45) is 11.5. The van der Waals surface area contributed by atoms with Crippen molar-refractivity contribution < 1.29 is 43.2 Å². The molecule has 4 aliphatic heterocycles. The molecule has 0 amide bonds. The molecule has 1 aromatic carbocycles. The van der Waals surface area contributed by atoms with E-state index >= 15 is 0 Å². The van der Waals surface area contributed by atoms with E-state index in [0.29, 0.717) is 53.9 Å². The van der Waals surface area contributed by atoms with Crippen molar-refractivity contribution in [1.82, 2.24) is 0 Å². The maximum atomic E-state index is 14.8. The summed E-state index contributed by atoms with van der Waals surface area (Å²) in [5.41, 5.74) is -2.26. The van der Waals surface area contributed by atoms with Gasteiger partial charge in [-0.25, -0.2) is 0 Å². The molecule has 1 spiro atoms. The summed E-state index contributed by atoms with van der Waals surface area (Å²) in [4.78, 5) is 40.3. The van der Waals surface area contributed by atoms with Crippen LogP contribution in [0.3, 0.4) is 0 Å². The third-order valence-corrected chi connectivity index (χ3v) is 11.2. The second-order valence-electron chi connectivity index (χ2n) is 15.5. The molecular formula is C39H48O9. The summed E-state index contributed by atoms with van der Waals surface area (Å²) < 4.78 is 31.9. The molecule has 6 atom stereocenters. The van der Waals surface area contributed by atoms with Crippen LogP contribution in [0.5, 0.6) is 17.2 Å². The van der Waals surface area contributed by atoms with Crippen LogP contribution in [-0.2, 0) is 30.2 Å². The minimum absolute atomic E-state index is 0. The number of hydrogen-bond acceptors (Lipinski definition) is 9. The predicted molar refractivity (Wildman–Crippen MR) is 180 cm³/mol. The van der Waals surface area contributed by atoms with E-state index in [-0.39, 0.29) is 60.1 Å². The Morgan fingerprint density at radius 3 is 2.40 bits per heavy atom. The Hall–Kier alpha value is -3.69. The number of Topliss-reactive ketones (excluding diaryl/α,β-unsaturated/α-hetero) is 2. The van der Waals surface area contributed by atoms with Gasteiger partial charge in [0.05, 0.1) is 22.9 Å². The maximum Gasteiger partial charge on any atom is 0.298 e. The smallest absolute Gasteiger partial charge is 0.298 e.